The van der Waals surface area contributed by atoms with Crippen LogP contribution < -0.4 is 5.32 Å². The highest BCUT2D eigenvalue weighted by Gasteiger charge is 2.24. The zero-order chi connectivity index (χ0) is 19.7. The minimum Gasteiger partial charge on any atom is -0.342 e. The molecular weight excluding hydrogens is 372 g/mol. The molecule has 1 aliphatic rings. The summed E-state index contributed by atoms with van der Waals surface area (Å²) in [4.78, 5) is 22.7. The summed E-state index contributed by atoms with van der Waals surface area (Å²) in [6.07, 6.45) is 1.98. The summed E-state index contributed by atoms with van der Waals surface area (Å²) in [5, 5.41) is 3.73. The van der Waals surface area contributed by atoms with Crippen LogP contribution in [0.2, 0.25) is 5.02 Å². The van der Waals surface area contributed by atoms with Crippen molar-refractivity contribution in [1.29, 1.82) is 0 Å². The quantitative estimate of drug-likeness (QED) is 0.674. The molecule has 1 fully saturated rings. The number of H-pyrrole nitrogens is 1. The number of halogens is 1. The Bertz CT molecular complexity index is 1000. The van der Waals surface area contributed by atoms with Gasteiger partial charge in [0.05, 0.1) is 17.6 Å². The van der Waals surface area contributed by atoms with Crippen LogP contribution in [-0.4, -0.2) is 40.4 Å². The number of hydrogen-bond donors (Lipinski definition) is 2. The van der Waals surface area contributed by atoms with Gasteiger partial charge in [0, 0.05) is 16.6 Å². The fourth-order valence-corrected chi connectivity index (χ4v) is 3.95. The number of carbonyl (C=O) groups is 1. The summed E-state index contributed by atoms with van der Waals surface area (Å²) >= 11 is 6.06. The van der Waals surface area contributed by atoms with Gasteiger partial charge >= 0.3 is 0 Å². The zero-order valence-electron chi connectivity index (χ0n) is 16.3. The molecule has 5 nitrogen and oxygen atoms in total. The SMILES string of the molecule is Cc1ccc(NC(=O)CN2CCC(c3nc4ccc(Cl)cc4[nH]3)CC2)cc1C. The molecule has 146 valence electrons. The monoisotopic (exact) mass is 396 g/mol. The lowest BCUT2D eigenvalue weighted by Crippen LogP contribution is -2.38. The Labute approximate surface area is 170 Å². The Hall–Kier alpha value is -2.37. The van der Waals surface area contributed by atoms with Gasteiger partial charge in [-0.05, 0) is 81.2 Å². The Kier molecular flexibility index (Phi) is 5.38. The standard InChI is InChI=1S/C22H25ClN4O/c1-14-3-5-18(11-15(14)2)24-21(28)13-27-9-7-16(8-10-27)22-25-19-6-4-17(23)12-20(19)26-22/h3-6,11-12,16H,7-10,13H2,1-2H3,(H,24,28)(H,25,26). The third-order valence-corrected chi connectivity index (χ3v) is 5.83. The number of rotatable bonds is 4. The van der Waals surface area contributed by atoms with Crippen LogP contribution in [-0.2, 0) is 4.79 Å². The Balaban J connectivity index is 1.32. The van der Waals surface area contributed by atoms with Gasteiger partial charge in [0.2, 0.25) is 5.91 Å². The van der Waals surface area contributed by atoms with Crippen LogP contribution >= 0.6 is 11.6 Å². The van der Waals surface area contributed by atoms with Crippen molar-refractivity contribution in [3.63, 3.8) is 0 Å². The Morgan fingerprint density at radius 1 is 1.18 bits per heavy atom. The number of aryl methyl sites for hydroxylation is 2. The fourth-order valence-electron chi connectivity index (χ4n) is 3.78. The summed E-state index contributed by atoms with van der Waals surface area (Å²) in [6.45, 7) is 6.34. The van der Waals surface area contributed by atoms with E-state index in [1.807, 2.05) is 36.4 Å². The van der Waals surface area contributed by atoms with Gasteiger partial charge in [0.1, 0.15) is 5.82 Å². The first kappa shape index (κ1) is 19.0. The number of aromatic nitrogens is 2. The lowest BCUT2D eigenvalue weighted by molar-refractivity contribution is -0.117. The van der Waals surface area contributed by atoms with Crippen LogP contribution in [0.15, 0.2) is 36.4 Å². The Morgan fingerprint density at radius 3 is 2.71 bits per heavy atom. The van der Waals surface area contributed by atoms with Crippen LogP contribution in [0.1, 0.15) is 35.7 Å². The first-order valence-electron chi connectivity index (χ1n) is 9.72. The topological polar surface area (TPSA) is 61.0 Å². The predicted molar refractivity (Wildman–Crippen MR) is 114 cm³/mol. The molecule has 1 amide bonds. The first-order valence-corrected chi connectivity index (χ1v) is 10.1. The highest BCUT2D eigenvalue weighted by Crippen LogP contribution is 2.28. The molecule has 0 aliphatic carbocycles. The molecule has 2 aromatic carbocycles. The summed E-state index contributed by atoms with van der Waals surface area (Å²) in [6, 6.07) is 11.7. The van der Waals surface area contributed by atoms with E-state index in [9.17, 15) is 4.79 Å². The average Bonchev–Trinajstić information content (AvgIpc) is 3.08. The van der Waals surface area contributed by atoms with Gasteiger partial charge in [-0.1, -0.05) is 17.7 Å². The highest BCUT2D eigenvalue weighted by atomic mass is 35.5. The van der Waals surface area contributed by atoms with Crippen molar-refractivity contribution < 1.29 is 4.79 Å². The molecule has 6 heteroatoms. The molecule has 1 aliphatic heterocycles. The third-order valence-electron chi connectivity index (χ3n) is 5.59. The van der Waals surface area contributed by atoms with Crippen molar-refractivity contribution >= 4 is 34.2 Å². The molecule has 1 saturated heterocycles. The van der Waals surface area contributed by atoms with Crippen molar-refractivity contribution in [3.05, 3.63) is 58.4 Å². The number of fused-ring (bicyclic) bond motifs is 1. The normalized spacial score (nSPS) is 15.8. The molecule has 0 unspecified atom stereocenters. The number of amides is 1. The van der Waals surface area contributed by atoms with Crippen LogP contribution in [0.25, 0.3) is 11.0 Å². The number of aromatic amines is 1. The number of benzene rings is 2. The molecule has 0 spiro atoms. The van der Waals surface area contributed by atoms with Crippen molar-refractivity contribution in [1.82, 2.24) is 14.9 Å². The maximum atomic E-state index is 12.4. The van der Waals surface area contributed by atoms with Gasteiger partial charge in [0.25, 0.3) is 0 Å². The summed E-state index contributed by atoms with van der Waals surface area (Å²) in [7, 11) is 0. The van der Waals surface area contributed by atoms with E-state index in [1.165, 1.54) is 11.1 Å². The summed E-state index contributed by atoms with van der Waals surface area (Å²) in [5.74, 6) is 1.46. The fraction of sp³-hybridized carbons (Fsp3) is 0.364. The van der Waals surface area contributed by atoms with Crippen LogP contribution in [0, 0.1) is 13.8 Å². The van der Waals surface area contributed by atoms with Gasteiger partial charge in [-0.2, -0.15) is 0 Å². The minimum absolute atomic E-state index is 0.0417. The number of carbonyl (C=O) groups excluding carboxylic acids is 1. The van der Waals surface area contributed by atoms with E-state index < -0.39 is 0 Å². The molecule has 2 heterocycles. The molecule has 0 atom stereocenters. The Morgan fingerprint density at radius 2 is 1.96 bits per heavy atom. The number of imidazole rings is 1. The highest BCUT2D eigenvalue weighted by molar-refractivity contribution is 6.31. The molecule has 0 bridgehead atoms. The van der Waals surface area contributed by atoms with E-state index in [4.69, 9.17) is 16.6 Å². The second-order valence-corrected chi connectivity index (χ2v) is 8.12. The molecule has 3 aromatic rings. The number of nitrogens with one attached hydrogen (secondary N) is 2. The van der Waals surface area contributed by atoms with Crippen molar-refractivity contribution in [2.75, 3.05) is 25.0 Å². The van der Waals surface area contributed by atoms with Crippen LogP contribution in [0.3, 0.4) is 0 Å². The van der Waals surface area contributed by atoms with E-state index in [2.05, 4.69) is 29.0 Å². The largest absolute Gasteiger partial charge is 0.342 e. The van der Waals surface area contributed by atoms with Gasteiger partial charge in [-0.3, -0.25) is 9.69 Å². The molecule has 2 N–H and O–H groups in total. The number of nitrogens with zero attached hydrogens (tertiary/aromatic N) is 2. The van der Waals surface area contributed by atoms with E-state index in [-0.39, 0.29) is 5.91 Å². The lowest BCUT2D eigenvalue weighted by Gasteiger charge is -2.30. The number of likely N-dealkylation sites (tertiary alicyclic amines) is 1. The first-order chi connectivity index (χ1) is 13.5. The van der Waals surface area contributed by atoms with Crippen molar-refractivity contribution in [3.8, 4) is 0 Å². The summed E-state index contributed by atoms with van der Waals surface area (Å²) in [5.41, 5.74) is 5.22. The van der Waals surface area contributed by atoms with Gasteiger partial charge < -0.3 is 10.3 Å². The smallest absolute Gasteiger partial charge is 0.238 e. The second-order valence-electron chi connectivity index (χ2n) is 7.68. The van der Waals surface area contributed by atoms with Crippen molar-refractivity contribution in [2.45, 2.75) is 32.6 Å². The van der Waals surface area contributed by atoms with Crippen LogP contribution in [0.5, 0.6) is 0 Å². The number of anilines is 1. The van der Waals surface area contributed by atoms with Gasteiger partial charge in [-0.15, -0.1) is 0 Å². The van der Waals surface area contributed by atoms with E-state index in [0.29, 0.717) is 17.5 Å². The maximum Gasteiger partial charge on any atom is 0.238 e. The molecule has 0 radical (unpaired) electrons. The molecule has 1 aromatic heterocycles. The average molecular weight is 397 g/mol. The zero-order valence-corrected chi connectivity index (χ0v) is 17.0. The van der Waals surface area contributed by atoms with E-state index in [0.717, 1.165) is 48.5 Å². The van der Waals surface area contributed by atoms with Crippen molar-refractivity contribution in [2.24, 2.45) is 0 Å². The molecule has 4 rings (SSSR count). The second kappa shape index (κ2) is 7.94. The third kappa shape index (κ3) is 4.21. The predicted octanol–water partition coefficient (Wildman–Crippen LogP) is 4.65. The van der Waals surface area contributed by atoms with E-state index in [1.54, 1.807) is 0 Å². The van der Waals surface area contributed by atoms with Gasteiger partial charge in [0.15, 0.2) is 0 Å². The number of piperidine rings is 1. The van der Waals surface area contributed by atoms with Crippen LogP contribution in [0.4, 0.5) is 5.69 Å². The van der Waals surface area contributed by atoms with E-state index >= 15 is 0 Å². The molecule has 28 heavy (non-hydrogen) atoms. The maximum absolute atomic E-state index is 12.4. The molecule has 0 saturated carbocycles. The minimum atomic E-state index is 0.0417. The molecular formula is C22H25ClN4O. The lowest BCUT2D eigenvalue weighted by atomic mass is 9.96. The number of hydrogen-bond acceptors (Lipinski definition) is 3. The summed E-state index contributed by atoms with van der Waals surface area (Å²) < 4.78 is 0. The van der Waals surface area contributed by atoms with Gasteiger partial charge in [-0.25, -0.2) is 4.98 Å².